The van der Waals surface area contributed by atoms with Gasteiger partial charge in [0.2, 0.25) is 11.8 Å². The van der Waals surface area contributed by atoms with Crippen LogP contribution in [0.15, 0.2) is 35.7 Å². The molecule has 1 heterocycles. The normalized spacial score (nSPS) is 16.5. The highest BCUT2D eigenvalue weighted by molar-refractivity contribution is 7.99. The number of nitrogens with one attached hydrogen (secondary N) is 2. The highest BCUT2D eigenvalue weighted by atomic mass is 32.2. The molecular weight excluding hydrogens is 338 g/mol. The fraction of sp³-hybridized carbons (Fsp3) is 0.412. The van der Waals surface area contributed by atoms with Crippen LogP contribution in [0.25, 0.3) is 0 Å². The molecule has 0 atom stereocenters. The van der Waals surface area contributed by atoms with Crippen LogP contribution in [0, 0.1) is 5.92 Å². The molecule has 0 saturated heterocycles. The SMILES string of the molecule is O=C(CSc1nncn1C1CC1)Nc1ccc(NC(=O)C2CC2)cc1. The molecule has 2 fully saturated rings. The molecule has 2 aromatic rings. The maximum Gasteiger partial charge on any atom is 0.234 e. The van der Waals surface area contributed by atoms with Gasteiger partial charge >= 0.3 is 0 Å². The van der Waals surface area contributed by atoms with Crippen LogP contribution in [0.3, 0.4) is 0 Å². The second-order valence-electron chi connectivity index (χ2n) is 6.43. The van der Waals surface area contributed by atoms with Crippen LogP contribution in [0.2, 0.25) is 0 Å². The highest BCUT2D eigenvalue weighted by Gasteiger charge is 2.29. The summed E-state index contributed by atoms with van der Waals surface area (Å²) in [7, 11) is 0. The van der Waals surface area contributed by atoms with E-state index in [-0.39, 0.29) is 23.5 Å². The molecular formula is C17H19N5O2S. The van der Waals surface area contributed by atoms with E-state index in [1.54, 1.807) is 30.6 Å². The zero-order chi connectivity index (χ0) is 17.2. The minimum Gasteiger partial charge on any atom is -0.326 e. The van der Waals surface area contributed by atoms with Crippen LogP contribution in [0.5, 0.6) is 0 Å². The van der Waals surface area contributed by atoms with Crippen molar-refractivity contribution in [3.05, 3.63) is 30.6 Å². The van der Waals surface area contributed by atoms with Gasteiger partial charge in [-0.15, -0.1) is 10.2 Å². The summed E-state index contributed by atoms with van der Waals surface area (Å²) in [6.45, 7) is 0. The lowest BCUT2D eigenvalue weighted by molar-refractivity contribution is -0.117. The molecule has 2 aliphatic rings. The van der Waals surface area contributed by atoms with E-state index in [1.165, 1.54) is 11.8 Å². The van der Waals surface area contributed by atoms with Crippen molar-refractivity contribution in [2.75, 3.05) is 16.4 Å². The molecule has 4 rings (SSSR count). The summed E-state index contributed by atoms with van der Waals surface area (Å²) < 4.78 is 2.04. The number of benzene rings is 1. The predicted octanol–water partition coefficient (Wildman–Crippen LogP) is 2.69. The largest absolute Gasteiger partial charge is 0.326 e. The number of hydrogen-bond donors (Lipinski definition) is 2. The molecule has 2 saturated carbocycles. The molecule has 2 N–H and O–H groups in total. The van der Waals surface area contributed by atoms with Crippen LogP contribution < -0.4 is 10.6 Å². The summed E-state index contributed by atoms with van der Waals surface area (Å²) in [5.74, 6) is 0.443. The number of carbonyl (C=O) groups is 2. The minimum absolute atomic E-state index is 0.0768. The summed E-state index contributed by atoms with van der Waals surface area (Å²) in [5, 5.41) is 14.5. The van der Waals surface area contributed by atoms with E-state index in [4.69, 9.17) is 0 Å². The average Bonchev–Trinajstić information content (AvgIpc) is 3.53. The molecule has 0 radical (unpaired) electrons. The molecule has 0 aliphatic heterocycles. The molecule has 0 bridgehead atoms. The van der Waals surface area contributed by atoms with Gasteiger partial charge < -0.3 is 15.2 Å². The molecule has 2 amide bonds. The maximum atomic E-state index is 12.1. The summed E-state index contributed by atoms with van der Waals surface area (Å²) in [4.78, 5) is 23.8. The van der Waals surface area contributed by atoms with Crippen LogP contribution >= 0.6 is 11.8 Å². The van der Waals surface area contributed by atoms with Crippen LogP contribution in [-0.2, 0) is 9.59 Å². The number of aromatic nitrogens is 3. The average molecular weight is 357 g/mol. The summed E-state index contributed by atoms with van der Waals surface area (Å²) in [5.41, 5.74) is 1.46. The third-order valence-electron chi connectivity index (χ3n) is 4.20. The van der Waals surface area contributed by atoms with Crippen molar-refractivity contribution in [3.63, 3.8) is 0 Å². The molecule has 0 spiro atoms. The third-order valence-corrected chi connectivity index (χ3v) is 5.15. The van der Waals surface area contributed by atoms with E-state index in [2.05, 4.69) is 20.8 Å². The number of rotatable bonds is 7. The van der Waals surface area contributed by atoms with Gasteiger partial charge in [0, 0.05) is 23.3 Å². The van der Waals surface area contributed by atoms with Crippen molar-refractivity contribution < 1.29 is 9.59 Å². The summed E-state index contributed by atoms with van der Waals surface area (Å²) in [6, 6.07) is 7.67. The van der Waals surface area contributed by atoms with Crippen molar-refractivity contribution in [1.82, 2.24) is 14.8 Å². The Bertz CT molecular complexity index is 781. The van der Waals surface area contributed by atoms with E-state index in [0.717, 1.165) is 36.5 Å². The second kappa shape index (κ2) is 6.87. The number of hydrogen-bond acceptors (Lipinski definition) is 5. The van der Waals surface area contributed by atoms with Crippen molar-refractivity contribution in [1.29, 1.82) is 0 Å². The first-order chi connectivity index (χ1) is 12.2. The monoisotopic (exact) mass is 357 g/mol. The Balaban J connectivity index is 1.27. The quantitative estimate of drug-likeness (QED) is 0.744. The fourth-order valence-corrected chi connectivity index (χ4v) is 3.27. The van der Waals surface area contributed by atoms with Gasteiger partial charge in [-0.3, -0.25) is 9.59 Å². The number of carbonyl (C=O) groups excluding carboxylic acids is 2. The van der Waals surface area contributed by atoms with Crippen LogP contribution in [0.1, 0.15) is 31.7 Å². The second-order valence-corrected chi connectivity index (χ2v) is 7.37. The predicted molar refractivity (Wildman–Crippen MR) is 95.4 cm³/mol. The van der Waals surface area contributed by atoms with Gasteiger partial charge in [0.15, 0.2) is 5.16 Å². The Morgan fingerprint density at radius 2 is 1.76 bits per heavy atom. The lowest BCUT2D eigenvalue weighted by Gasteiger charge is -2.08. The number of nitrogens with zero attached hydrogens (tertiary/aromatic N) is 3. The molecule has 130 valence electrons. The first kappa shape index (κ1) is 16.1. The Labute approximate surface area is 149 Å². The molecule has 8 heteroatoms. The highest BCUT2D eigenvalue weighted by Crippen LogP contribution is 2.37. The lowest BCUT2D eigenvalue weighted by Crippen LogP contribution is -2.15. The van der Waals surface area contributed by atoms with Crippen molar-refractivity contribution in [3.8, 4) is 0 Å². The van der Waals surface area contributed by atoms with Gasteiger partial charge in [-0.2, -0.15) is 0 Å². The maximum absolute atomic E-state index is 12.1. The molecule has 25 heavy (non-hydrogen) atoms. The van der Waals surface area contributed by atoms with E-state index in [9.17, 15) is 9.59 Å². The zero-order valence-corrected chi connectivity index (χ0v) is 14.5. The minimum atomic E-state index is -0.0925. The van der Waals surface area contributed by atoms with Crippen molar-refractivity contribution in [2.24, 2.45) is 5.92 Å². The Morgan fingerprint density at radius 1 is 1.08 bits per heavy atom. The Kier molecular flexibility index (Phi) is 4.44. The Morgan fingerprint density at radius 3 is 2.40 bits per heavy atom. The molecule has 7 nitrogen and oxygen atoms in total. The van der Waals surface area contributed by atoms with Crippen LogP contribution in [-0.4, -0.2) is 32.3 Å². The molecule has 2 aliphatic carbocycles. The third kappa shape index (κ3) is 4.19. The van der Waals surface area contributed by atoms with Gasteiger partial charge in [-0.05, 0) is 49.9 Å². The van der Waals surface area contributed by atoms with E-state index in [0.29, 0.717) is 11.7 Å². The summed E-state index contributed by atoms with van der Waals surface area (Å²) >= 11 is 1.39. The van der Waals surface area contributed by atoms with E-state index < -0.39 is 0 Å². The van der Waals surface area contributed by atoms with E-state index in [1.807, 2.05) is 4.57 Å². The zero-order valence-electron chi connectivity index (χ0n) is 13.6. The topological polar surface area (TPSA) is 88.9 Å². The van der Waals surface area contributed by atoms with Gasteiger partial charge in [-0.1, -0.05) is 11.8 Å². The first-order valence-corrected chi connectivity index (χ1v) is 9.41. The Hall–Kier alpha value is -2.35. The smallest absolute Gasteiger partial charge is 0.234 e. The van der Waals surface area contributed by atoms with Gasteiger partial charge in [0.05, 0.1) is 5.75 Å². The van der Waals surface area contributed by atoms with Crippen LogP contribution in [0.4, 0.5) is 11.4 Å². The lowest BCUT2D eigenvalue weighted by atomic mass is 10.2. The van der Waals surface area contributed by atoms with E-state index >= 15 is 0 Å². The fourth-order valence-electron chi connectivity index (χ4n) is 2.49. The van der Waals surface area contributed by atoms with Gasteiger partial charge in [0.25, 0.3) is 0 Å². The van der Waals surface area contributed by atoms with Gasteiger partial charge in [-0.25, -0.2) is 0 Å². The van der Waals surface area contributed by atoms with Gasteiger partial charge in [0.1, 0.15) is 6.33 Å². The first-order valence-electron chi connectivity index (χ1n) is 8.42. The molecule has 1 aromatic heterocycles. The molecule has 0 unspecified atom stereocenters. The molecule has 1 aromatic carbocycles. The number of thioether (sulfide) groups is 1. The number of amides is 2. The van der Waals surface area contributed by atoms with Crippen molar-refractivity contribution in [2.45, 2.75) is 36.9 Å². The number of anilines is 2. The van der Waals surface area contributed by atoms with Crippen molar-refractivity contribution >= 4 is 35.0 Å². The standard InChI is InChI=1S/C17H19N5O2S/c23-15(9-25-17-21-18-10-22(17)14-7-8-14)19-12-3-5-13(6-4-12)20-16(24)11-1-2-11/h3-6,10-11,14H,1-2,7-9H2,(H,19,23)(H,20,24). The summed E-state index contributed by atoms with van der Waals surface area (Å²) in [6.07, 6.45) is 5.99.